The third-order valence-electron chi connectivity index (χ3n) is 2.91. The van der Waals surface area contributed by atoms with E-state index in [0.717, 1.165) is 5.56 Å². The van der Waals surface area contributed by atoms with Crippen LogP contribution in [0.15, 0.2) is 24.3 Å². The van der Waals surface area contributed by atoms with E-state index in [2.05, 4.69) is 15.6 Å². The molecule has 0 aromatic heterocycles. The lowest BCUT2D eigenvalue weighted by Gasteiger charge is -2.17. The second kappa shape index (κ2) is 5.54. The first-order valence-electron chi connectivity index (χ1n) is 5.71. The van der Waals surface area contributed by atoms with Gasteiger partial charge in [-0.15, -0.1) is 0 Å². The van der Waals surface area contributed by atoms with Gasteiger partial charge in [-0.05, 0) is 24.6 Å². The topological polar surface area (TPSA) is 70.2 Å². The van der Waals surface area contributed by atoms with Gasteiger partial charge in [0.25, 0.3) is 0 Å². The minimum Gasteiger partial charge on any atom is -0.256 e. The largest absolute Gasteiger partial charge is 0.256 e. The molecule has 2 rings (SSSR count). The minimum absolute atomic E-state index is 0.297. The van der Waals surface area contributed by atoms with E-state index in [4.69, 9.17) is 11.6 Å². The van der Waals surface area contributed by atoms with Crippen molar-refractivity contribution in [2.24, 2.45) is 0 Å². The van der Waals surface area contributed by atoms with Crippen molar-refractivity contribution in [3.8, 4) is 0 Å². The molecular formula is C11H16ClN3O2S. The third kappa shape index (κ3) is 3.21. The van der Waals surface area contributed by atoms with Crippen LogP contribution in [-0.2, 0) is 10.0 Å². The first kappa shape index (κ1) is 13.8. The summed E-state index contributed by atoms with van der Waals surface area (Å²) < 4.78 is 26.8. The van der Waals surface area contributed by atoms with Crippen LogP contribution in [0.2, 0.25) is 5.02 Å². The molecule has 1 atom stereocenters. The van der Waals surface area contributed by atoms with Crippen molar-refractivity contribution in [2.45, 2.75) is 18.2 Å². The van der Waals surface area contributed by atoms with Crippen LogP contribution < -0.4 is 15.6 Å². The van der Waals surface area contributed by atoms with Crippen molar-refractivity contribution < 1.29 is 8.42 Å². The summed E-state index contributed by atoms with van der Waals surface area (Å²) in [5, 5.41) is 0.155. The van der Waals surface area contributed by atoms with Gasteiger partial charge in [0.2, 0.25) is 10.0 Å². The van der Waals surface area contributed by atoms with E-state index in [-0.39, 0.29) is 6.04 Å². The Hall–Kier alpha value is -0.660. The summed E-state index contributed by atoms with van der Waals surface area (Å²) in [6, 6.07) is 6.89. The number of benzene rings is 1. The van der Waals surface area contributed by atoms with Gasteiger partial charge in [-0.1, -0.05) is 23.7 Å². The van der Waals surface area contributed by atoms with E-state index < -0.39 is 15.3 Å². The minimum atomic E-state index is -3.34. The number of rotatable bonds is 4. The van der Waals surface area contributed by atoms with Crippen LogP contribution in [0, 0.1) is 0 Å². The molecule has 100 valence electrons. The van der Waals surface area contributed by atoms with Gasteiger partial charge in [-0.25, -0.2) is 13.1 Å². The highest BCUT2D eigenvalue weighted by Gasteiger charge is 2.29. The zero-order valence-corrected chi connectivity index (χ0v) is 11.6. The molecule has 1 aromatic carbocycles. The first-order chi connectivity index (χ1) is 8.49. The monoisotopic (exact) mass is 289 g/mol. The molecule has 1 aliphatic heterocycles. The van der Waals surface area contributed by atoms with Gasteiger partial charge >= 0.3 is 0 Å². The third-order valence-corrected chi connectivity index (χ3v) is 5.04. The van der Waals surface area contributed by atoms with Crippen LogP contribution in [0.1, 0.15) is 18.5 Å². The summed E-state index contributed by atoms with van der Waals surface area (Å²) >= 11 is 5.89. The molecule has 0 aliphatic carbocycles. The Balaban J connectivity index is 2.09. The lowest BCUT2D eigenvalue weighted by molar-refractivity contribution is 0.556. The molecule has 0 radical (unpaired) electrons. The Bertz CT molecular complexity index is 515. The fourth-order valence-electron chi connectivity index (χ4n) is 1.85. The molecule has 3 N–H and O–H groups in total. The fourth-order valence-corrected chi connectivity index (χ4v) is 3.48. The summed E-state index contributed by atoms with van der Waals surface area (Å²) in [5.74, 6) is 0. The van der Waals surface area contributed by atoms with Crippen LogP contribution >= 0.6 is 11.6 Å². The highest BCUT2D eigenvalue weighted by atomic mass is 35.5. The molecule has 0 bridgehead atoms. The second-order valence-electron chi connectivity index (χ2n) is 4.32. The molecule has 1 aromatic rings. The Morgan fingerprint density at radius 2 is 2.06 bits per heavy atom. The summed E-state index contributed by atoms with van der Waals surface area (Å²) in [6.07, 6.45) is 0. The smallest absolute Gasteiger partial charge is 0.217 e. The fraction of sp³-hybridized carbons (Fsp3) is 0.455. The van der Waals surface area contributed by atoms with Crippen molar-refractivity contribution in [3.05, 3.63) is 34.9 Å². The van der Waals surface area contributed by atoms with Gasteiger partial charge in [0, 0.05) is 24.2 Å². The molecule has 1 heterocycles. The number of hydrogen-bond acceptors (Lipinski definition) is 4. The maximum absolute atomic E-state index is 12.1. The molecule has 1 saturated heterocycles. The van der Waals surface area contributed by atoms with Crippen LogP contribution in [0.3, 0.4) is 0 Å². The molecule has 0 amide bonds. The second-order valence-corrected chi connectivity index (χ2v) is 6.75. The van der Waals surface area contributed by atoms with E-state index in [1.54, 1.807) is 25.1 Å². The SMILES string of the molecule is CC(NS(=O)(=O)C1CNNC1)c1cccc(Cl)c1. The molecular weight excluding hydrogens is 274 g/mol. The van der Waals surface area contributed by atoms with Gasteiger partial charge < -0.3 is 0 Å². The van der Waals surface area contributed by atoms with Crippen molar-refractivity contribution in [1.82, 2.24) is 15.6 Å². The van der Waals surface area contributed by atoms with E-state index in [0.29, 0.717) is 18.1 Å². The number of sulfonamides is 1. The van der Waals surface area contributed by atoms with Crippen molar-refractivity contribution >= 4 is 21.6 Å². The highest BCUT2D eigenvalue weighted by Crippen LogP contribution is 2.18. The molecule has 0 saturated carbocycles. The van der Waals surface area contributed by atoms with Crippen LogP contribution in [0.25, 0.3) is 0 Å². The maximum Gasteiger partial charge on any atom is 0.217 e. The summed E-state index contributed by atoms with van der Waals surface area (Å²) in [6.45, 7) is 2.63. The van der Waals surface area contributed by atoms with Gasteiger partial charge in [0.15, 0.2) is 0 Å². The van der Waals surface area contributed by atoms with E-state index >= 15 is 0 Å². The number of hydrogen-bond donors (Lipinski definition) is 3. The van der Waals surface area contributed by atoms with Crippen LogP contribution in [-0.4, -0.2) is 26.8 Å². The zero-order valence-electron chi connectivity index (χ0n) is 9.98. The van der Waals surface area contributed by atoms with E-state index in [1.807, 2.05) is 6.07 Å². The van der Waals surface area contributed by atoms with Gasteiger partial charge in [0.1, 0.15) is 5.25 Å². The molecule has 0 spiro atoms. The molecule has 1 aliphatic rings. The number of nitrogens with one attached hydrogen (secondary N) is 3. The Morgan fingerprint density at radius 1 is 1.39 bits per heavy atom. The van der Waals surface area contributed by atoms with Crippen molar-refractivity contribution in [2.75, 3.05) is 13.1 Å². The molecule has 1 unspecified atom stereocenters. The van der Waals surface area contributed by atoms with Crippen molar-refractivity contribution in [1.29, 1.82) is 0 Å². The predicted molar refractivity (Wildman–Crippen MR) is 71.7 cm³/mol. The van der Waals surface area contributed by atoms with Gasteiger partial charge in [-0.3, -0.25) is 10.9 Å². The maximum atomic E-state index is 12.1. The van der Waals surface area contributed by atoms with E-state index in [1.165, 1.54) is 0 Å². The Labute approximate surface area is 112 Å². The van der Waals surface area contributed by atoms with Crippen LogP contribution in [0.5, 0.6) is 0 Å². The standard InChI is InChI=1S/C11H16ClN3O2S/c1-8(9-3-2-4-10(12)5-9)15-18(16,17)11-6-13-14-7-11/h2-5,8,11,13-15H,6-7H2,1H3. The highest BCUT2D eigenvalue weighted by molar-refractivity contribution is 7.90. The molecule has 7 heteroatoms. The summed E-state index contributed by atoms with van der Waals surface area (Å²) in [7, 11) is -3.34. The van der Waals surface area contributed by atoms with Crippen molar-refractivity contribution in [3.63, 3.8) is 0 Å². The lowest BCUT2D eigenvalue weighted by atomic mass is 10.1. The predicted octanol–water partition coefficient (Wildman–Crippen LogP) is 0.797. The number of halogens is 1. The Morgan fingerprint density at radius 3 is 2.67 bits per heavy atom. The quantitative estimate of drug-likeness (QED) is 0.767. The van der Waals surface area contributed by atoms with Gasteiger partial charge in [-0.2, -0.15) is 0 Å². The Kier molecular flexibility index (Phi) is 4.24. The average Bonchev–Trinajstić information content (AvgIpc) is 2.82. The summed E-state index contributed by atoms with van der Waals surface area (Å²) in [4.78, 5) is 0. The normalized spacial score (nSPS) is 19.0. The summed E-state index contributed by atoms with van der Waals surface area (Å²) in [5.41, 5.74) is 6.47. The van der Waals surface area contributed by atoms with E-state index in [9.17, 15) is 8.42 Å². The number of hydrazine groups is 1. The molecule has 5 nitrogen and oxygen atoms in total. The lowest BCUT2D eigenvalue weighted by Crippen LogP contribution is -2.38. The van der Waals surface area contributed by atoms with Crippen LogP contribution in [0.4, 0.5) is 0 Å². The molecule has 18 heavy (non-hydrogen) atoms. The van der Waals surface area contributed by atoms with Gasteiger partial charge in [0.05, 0.1) is 0 Å². The molecule has 1 fully saturated rings. The average molecular weight is 290 g/mol. The first-order valence-corrected chi connectivity index (χ1v) is 7.64. The zero-order chi connectivity index (χ0) is 13.2.